The molecule has 2 aromatic rings. The Labute approximate surface area is 111 Å². The minimum atomic E-state index is -0.261. The summed E-state index contributed by atoms with van der Waals surface area (Å²) in [7, 11) is 0. The van der Waals surface area contributed by atoms with Gasteiger partial charge in [0.15, 0.2) is 0 Å². The van der Waals surface area contributed by atoms with Crippen molar-refractivity contribution in [3.63, 3.8) is 0 Å². The number of nitrogens with zero attached hydrogens (tertiary/aromatic N) is 1. The Kier molecular flexibility index (Phi) is 3.57. The number of aromatic nitrogens is 2. The van der Waals surface area contributed by atoms with Gasteiger partial charge >= 0.3 is 0 Å². The molecule has 0 amide bonds. The third-order valence-corrected chi connectivity index (χ3v) is 3.24. The van der Waals surface area contributed by atoms with Crippen LogP contribution in [0.15, 0.2) is 18.2 Å². The summed E-state index contributed by atoms with van der Waals surface area (Å²) >= 11 is 5.27. The standard InChI is InChI=1S/C14H15FN2S/c1-4-12-9(3)16-13(17-14(12)18)10-5-8(2)6-11(15)7-10/h5-7H,4H2,1-3H3,(H,16,17,18). The molecule has 1 aromatic heterocycles. The number of benzene rings is 1. The molecule has 0 aliphatic heterocycles. The Morgan fingerprint density at radius 1 is 1.28 bits per heavy atom. The van der Waals surface area contributed by atoms with Crippen LogP contribution in [0.3, 0.4) is 0 Å². The van der Waals surface area contributed by atoms with Crippen molar-refractivity contribution in [1.29, 1.82) is 0 Å². The Hall–Kier alpha value is -1.55. The van der Waals surface area contributed by atoms with Crippen molar-refractivity contribution in [2.45, 2.75) is 27.2 Å². The molecule has 94 valence electrons. The maximum absolute atomic E-state index is 13.4. The zero-order valence-electron chi connectivity index (χ0n) is 10.7. The van der Waals surface area contributed by atoms with E-state index >= 15 is 0 Å². The number of hydrogen-bond donors (Lipinski definition) is 1. The Morgan fingerprint density at radius 3 is 2.56 bits per heavy atom. The minimum absolute atomic E-state index is 0.261. The molecule has 4 heteroatoms. The van der Waals surface area contributed by atoms with E-state index in [-0.39, 0.29) is 5.82 Å². The molecule has 0 saturated heterocycles. The predicted molar refractivity (Wildman–Crippen MR) is 73.7 cm³/mol. The van der Waals surface area contributed by atoms with E-state index in [9.17, 15) is 4.39 Å². The molecule has 1 heterocycles. The second kappa shape index (κ2) is 4.98. The maximum Gasteiger partial charge on any atom is 0.139 e. The molecule has 1 aromatic carbocycles. The molecule has 0 fully saturated rings. The van der Waals surface area contributed by atoms with Gasteiger partial charge in [0.2, 0.25) is 0 Å². The lowest BCUT2D eigenvalue weighted by Gasteiger charge is -2.08. The minimum Gasteiger partial charge on any atom is -0.343 e. The van der Waals surface area contributed by atoms with Crippen molar-refractivity contribution in [2.24, 2.45) is 0 Å². The molecule has 0 radical (unpaired) electrons. The molecular weight excluding hydrogens is 247 g/mol. The monoisotopic (exact) mass is 262 g/mol. The molecule has 0 aliphatic carbocycles. The summed E-state index contributed by atoms with van der Waals surface area (Å²) in [5.74, 6) is 0.362. The van der Waals surface area contributed by atoms with Crippen LogP contribution >= 0.6 is 12.2 Å². The summed E-state index contributed by atoms with van der Waals surface area (Å²) in [6, 6.07) is 4.85. The smallest absolute Gasteiger partial charge is 0.139 e. The van der Waals surface area contributed by atoms with Crippen molar-refractivity contribution in [2.75, 3.05) is 0 Å². The Bertz CT molecular complexity index is 626. The third-order valence-electron chi connectivity index (χ3n) is 2.90. The van der Waals surface area contributed by atoms with E-state index in [2.05, 4.69) is 9.97 Å². The average molecular weight is 262 g/mol. The number of hydrogen-bond acceptors (Lipinski definition) is 2. The lowest BCUT2D eigenvalue weighted by molar-refractivity contribution is 0.627. The summed E-state index contributed by atoms with van der Waals surface area (Å²) in [6.07, 6.45) is 0.844. The fourth-order valence-electron chi connectivity index (χ4n) is 2.04. The van der Waals surface area contributed by atoms with Crippen LogP contribution in [0.25, 0.3) is 11.4 Å². The second-order valence-electron chi connectivity index (χ2n) is 4.36. The van der Waals surface area contributed by atoms with Crippen LogP contribution in [0.4, 0.5) is 4.39 Å². The lowest BCUT2D eigenvalue weighted by atomic mass is 10.1. The van der Waals surface area contributed by atoms with Gasteiger partial charge in [-0.3, -0.25) is 0 Å². The molecule has 0 unspecified atom stereocenters. The molecule has 0 aliphatic rings. The number of aryl methyl sites for hydroxylation is 2. The van der Waals surface area contributed by atoms with E-state index in [4.69, 9.17) is 12.2 Å². The van der Waals surface area contributed by atoms with E-state index in [1.807, 2.05) is 26.8 Å². The van der Waals surface area contributed by atoms with Crippen molar-refractivity contribution in [3.05, 3.63) is 45.5 Å². The number of rotatable bonds is 2. The van der Waals surface area contributed by atoms with Crippen LogP contribution in [0.5, 0.6) is 0 Å². The van der Waals surface area contributed by atoms with E-state index in [0.29, 0.717) is 10.5 Å². The molecule has 1 N–H and O–H groups in total. The van der Waals surface area contributed by atoms with Gasteiger partial charge < -0.3 is 4.98 Å². The number of aromatic amines is 1. The molecule has 18 heavy (non-hydrogen) atoms. The highest BCUT2D eigenvalue weighted by Gasteiger charge is 2.07. The van der Waals surface area contributed by atoms with Gasteiger partial charge in [-0.2, -0.15) is 0 Å². The van der Waals surface area contributed by atoms with Crippen molar-refractivity contribution in [3.8, 4) is 11.4 Å². The van der Waals surface area contributed by atoms with Crippen molar-refractivity contribution < 1.29 is 4.39 Å². The van der Waals surface area contributed by atoms with Gasteiger partial charge in [-0.05, 0) is 44.0 Å². The molecule has 0 bridgehead atoms. The van der Waals surface area contributed by atoms with Gasteiger partial charge in [0.25, 0.3) is 0 Å². The highest BCUT2D eigenvalue weighted by Crippen LogP contribution is 2.20. The second-order valence-corrected chi connectivity index (χ2v) is 4.75. The van der Waals surface area contributed by atoms with E-state index in [1.165, 1.54) is 12.1 Å². The van der Waals surface area contributed by atoms with Crippen LogP contribution < -0.4 is 0 Å². The summed E-state index contributed by atoms with van der Waals surface area (Å²) < 4.78 is 14.0. The summed E-state index contributed by atoms with van der Waals surface area (Å²) in [5.41, 5.74) is 3.63. The quantitative estimate of drug-likeness (QED) is 0.825. The Balaban J connectivity index is 2.61. The fourth-order valence-corrected chi connectivity index (χ4v) is 2.43. The molecule has 0 saturated carbocycles. The van der Waals surface area contributed by atoms with Crippen LogP contribution in [0.2, 0.25) is 0 Å². The van der Waals surface area contributed by atoms with Crippen LogP contribution in [0, 0.1) is 24.3 Å². The topological polar surface area (TPSA) is 28.7 Å². The van der Waals surface area contributed by atoms with Crippen LogP contribution in [0.1, 0.15) is 23.7 Å². The highest BCUT2D eigenvalue weighted by molar-refractivity contribution is 7.71. The summed E-state index contributed by atoms with van der Waals surface area (Å²) in [4.78, 5) is 7.54. The van der Waals surface area contributed by atoms with Gasteiger partial charge in [0.1, 0.15) is 16.3 Å². The fraction of sp³-hybridized carbons (Fsp3) is 0.286. The first-order valence-corrected chi connectivity index (χ1v) is 6.29. The van der Waals surface area contributed by atoms with Gasteiger partial charge in [-0.15, -0.1) is 0 Å². The van der Waals surface area contributed by atoms with Gasteiger partial charge in [0, 0.05) is 16.8 Å². The highest BCUT2D eigenvalue weighted by atomic mass is 32.1. The predicted octanol–water partition coefficient (Wildman–Crippen LogP) is 4.12. The number of H-pyrrole nitrogens is 1. The third kappa shape index (κ3) is 2.48. The lowest BCUT2D eigenvalue weighted by Crippen LogP contribution is -1.99. The first-order chi connectivity index (χ1) is 8.51. The Morgan fingerprint density at radius 2 is 2.00 bits per heavy atom. The zero-order valence-corrected chi connectivity index (χ0v) is 11.5. The number of nitrogens with one attached hydrogen (secondary N) is 1. The summed E-state index contributed by atoms with van der Waals surface area (Å²) in [5, 5.41) is 0. The zero-order chi connectivity index (χ0) is 13.3. The van der Waals surface area contributed by atoms with E-state index in [0.717, 1.165) is 28.8 Å². The largest absolute Gasteiger partial charge is 0.343 e. The molecule has 2 nitrogen and oxygen atoms in total. The van der Waals surface area contributed by atoms with Crippen LogP contribution in [-0.2, 0) is 6.42 Å². The SMILES string of the molecule is CCc1c(C)[nH]c(-c2cc(C)cc(F)c2)nc1=S. The first kappa shape index (κ1) is 12.9. The normalized spacial score (nSPS) is 10.7. The van der Waals surface area contributed by atoms with Gasteiger partial charge in [-0.25, -0.2) is 9.37 Å². The number of halogens is 1. The van der Waals surface area contributed by atoms with Gasteiger partial charge in [-0.1, -0.05) is 19.1 Å². The summed E-state index contributed by atoms with van der Waals surface area (Å²) in [6.45, 7) is 5.86. The van der Waals surface area contributed by atoms with Crippen molar-refractivity contribution >= 4 is 12.2 Å². The molecule has 2 rings (SSSR count). The van der Waals surface area contributed by atoms with Crippen molar-refractivity contribution in [1.82, 2.24) is 9.97 Å². The average Bonchev–Trinajstić information content (AvgIpc) is 2.27. The molecule has 0 atom stereocenters. The van der Waals surface area contributed by atoms with E-state index < -0.39 is 0 Å². The maximum atomic E-state index is 13.4. The van der Waals surface area contributed by atoms with E-state index in [1.54, 1.807) is 0 Å². The first-order valence-electron chi connectivity index (χ1n) is 5.88. The molecule has 0 spiro atoms. The van der Waals surface area contributed by atoms with Gasteiger partial charge in [0.05, 0.1) is 0 Å². The molecular formula is C14H15FN2S. The van der Waals surface area contributed by atoms with Crippen LogP contribution in [-0.4, -0.2) is 9.97 Å².